The summed E-state index contributed by atoms with van der Waals surface area (Å²) in [6, 6.07) is 0. The number of thiazole rings is 1. The highest BCUT2D eigenvalue weighted by atomic mass is 32.2. The SMILES string of the molecule is Cc1sc(N2CCN(S(C)(=O)=O)CC2)nc1C(=O)O. The highest BCUT2D eigenvalue weighted by molar-refractivity contribution is 7.88. The molecule has 0 aliphatic carbocycles. The maximum Gasteiger partial charge on any atom is 0.355 e. The van der Waals surface area contributed by atoms with Gasteiger partial charge in [0.1, 0.15) is 0 Å². The van der Waals surface area contributed by atoms with Crippen LogP contribution in [0.15, 0.2) is 0 Å². The number of aromatic nitrogens is 1. The third-order valence-electron chi connectivity index (χ3n) is 2.97. The van der Waals surface area contributed by atoms with E-state index in [2.05, 4.69) is 4.98 Å². The van der Waals surface area contributed by atoms with E-state index in [-0.39, 0.29) is 5.69 Å². The van der Waals surface area contributed by atoms with Gasteiger partial charge in [-0.15, -0.1) is 11.3 Å². The molecule has 1 aromatic heterocycles. The van der Waals surface area contributed by atoms with Gasteiger partial charge in [-0.2, -0.15) is 4.31 Å². The molecule has 0 spiro atoms. The number of piperazine rings is 1. The number of aromatic carboxylic acids is 1. The molecule has 0 unspecified atom stereocenters. The summed E-state index contributed by atoms with van der Waals surface area (Å²) in [6.45, 7) is 3.58. The second-order valence-electron chi connectivity index (χ2n) is 4.36. The summed E-state index contributed by atoms with van der Waals surface area (Å²) >= 11 is 1.32. The van der Waals surface area contributed by atoms with E-state index in [9.17, 15) is 13.2 Å². The molecule has 7 nitrogen and oxygen atoms in total. The molecular weight excluding hydrogens is 290 g/mol. The summed E-state index contributed by atoms with van der Waals surface area (Å²) in [5.74, 6) is -1.03. The van der Waals surface area contributed by atoms with Gasteiger partial charge < -0.3 is 10.0 Å². The number of rotatable bonds is 3. The topological polar surface area (TPSA) is 90.8 Å². The smallest absolute Gasteiger partial charge is 0.355 e. The van der Waals surface area contributed by atoms with Gasteiger partial charge in [0.05, 0.1) is 6.26 Å². The molecule has 0 bridgehead atoms. The lowest BCUT2D eigenvalue weighted by Gasteiger charge is -2.32. The molecule has 0 saturated carbocycles. The zero-order valence-corrected chi connectivity index (χ0v) is 12.3. The van der Waals surface area contributed by atoms with Crippen LogP contribution in [-0.2, 0) is 10.0 Å². The summed E-state index contributed by atoms with van der Waals surface area (Å²) < 4.78 is 24.2. The number of carboxylic acids is 1. The molecule has 2 heterocycles. The zero-order chi connectivity index (χ0) is 14.2. The maximum absolute atomic E-state index is 11.4. The van der Waals surface area contributed by atoms with Gasteiger partial charge >= 0.3 is 5.97 Å². The molecule has 0 aromatic carbocycles. The van der Waals surface area contributed by atoms with Crippen molar-refractivity contribution < 1.29 is 18.3 Å². The Balaban J connectivity index is 2.10. The highest BCUT2D eigenvalue weighted by Crippen LogP contribution is 2.26. The van der Waals surface area contributed by atoms with Gasteiger partial charge in [-0.3, -0.25) is 0 Å². The highest BCUT2D eigenvalue weighted by Gasteiger charge is 2.26. The van der Waals surface area contributed by atoms with Crippen LogP contribution in [0.3, 0.4) is 0 Å². The molecule has 1 saturated heterocycles. The van der Waals surface area contributed by atoms with Crippen molar-refractivity contribution >= 4 is 32.5 Å². The fourth-order valence-corrected chi connectivity index (χ4v) is 3.71. The first-order chi connectivity index (χ1) is 8.79. The molecule has 1 fully saturated rings. The van der Waals surface area contributed by atoms with Gasteiger partial charge in [0.15, 0.2) is 10.8 Å². The first-order valence-corrected chi connectivity index (χ1v) is 8.36. The van der Waals surface area contributed by atoms with Crippen molar-refractivity contribution in [2.24, 2.45) is 0 Å². The van der Waals surface area contributed by atoms with Gasteiger partial charge in [-0.25, -0.2) is 18.2 Å². The largest absolute Gasteiger partial charge is 0.476 e. The van der Waals surface area contributed by atoms with Crippen molar-refractivity contribution in [1.29, 1.82) is 0 Å². The van der Waals surface area contributed by atoms with Crippen molar-refractivity contribution in [3.8, 4) is 0 Å². The predicted molar refractivity (Wildman–Crippen MR) is 72.4 cm³/mol. The third-order valence-corrected chi connectivity index (χ3v) is 5.30. The van der Waals surface area contributed by atoms with E-state index in [0.29, 0.717) is 36.2 Å². The molecule has 1 N–H and O–H groups in total. The van der Waals surface area contributed by atoms with Crippen LogP contribution < -0.4 is 4.90 Å². The number of nitrogens with zero attached hydrogens (tertiary/aromatic N) is 3. The minimum atomic E-state index is -3.15. The van der Waals surface area contributed by atoms with E-state index < -0.39 is 16.0 Å². The van der Waals surface area contributed by atoms with Crippen LogP contribution >= 0.6 is 11.3 Å². The minimum absolute atomic E-state index is 0.0746. The van der Waals surface area contributed by atoms with Gasteiger partial charge in [0.25, 0.3) is 0 Å². The fourth-order valence-electron chi connectivity index (χ4n) is 1.93. The average molecular weight is 305 g/mol. The Bertz CT molecular complexity index is 588. The summed E-state index contributed by atoms with van der Waals surface area (Å²) in [6.07, 6.45) is 1.19. The first kappa shape index (κ1) is 14.2. The number of hydrogen-bond acceptors (Lipinski definition) is 6. The Hall–Kier alpha value is -1.19. The number of carbonyl (C=O) groups is 1. The van der Waals surface area contributed by atoms with E-state index in [0.717, 1.165) is 0 Å². The predicted octanol–water partition coefficient (Wildman–Crippen LogP) is 0.231. The van der Waals surface area contributed by atoms with Crippen molar-refractivity contribution in [3.05, 3.63) is 10.6 Å². The van der Waals surface area contributed by atoms with Crippen LogP contribution in [0.5, 0.6) is 0 Å². The molecule has 106 valence electrons. The van der Waals surface area contributed by atoms with Gasteiger partial charge in [-0.05, 0) is 6.92 Å². The van der Waals surface area contributed by atoms with Crippen LogP contribution in [0.1, 0.15) is 15.4 Å². The Kier molecular flexibility index (Phi) is 3.79. The van der Waals surface area contributed by atoms with Crippen LogP contribution in [0.4, 0.5) is 5.13 Å². The zero-order valence-electron chi connectivity index (χ0n) is 10.7. The molecule has 9 heteroatoms. The summed E-state index contributed by atoms with van der Waals surface area (Å²) in [7, 11) is -3.15. The number of sulfonamides is 1. The second-order valence-corrected chi connectivity index (χ2v) is 7.52. The van der Waals surface area contributed by atoms with E-state index >= 15 is 0 Å². The van der Waals surface area contributed by atoms with Crippen molar-refractivity contribution in [2.75, 3.05) is 37.3 Å². The molecule has 0 atom stereocenters. The lowest BCUT2D eigenvalue weighted by Crippen LogP contribution is -2.48. The first-order valence-electron chi connectivity index (χ1n) is 5.70. The summed E-state index contributed by atoms with van der Waals surface area (Å²) in [5, 5.41) is 9.61. The van der Waals surface area contributed by atoms with Gasteiger partial charge in [0, 0.05) is 31.1 Å². The minimum Gasteiger partial charge on any atom is -0.476 e. The average Bonchev–Trinajstić information content (AvgIpc) is 2.70. The molecule has 1 aromatic rings. The fraction of sp³-hybridized carbons (Fsp3) is 0.600. The quantitative estimate of drug-likeness (QED) is 0.860. The molecular formula is C10H15N3O4S2. The van der Waals surface area contributed by atoms with E-state index in [4.69, 9.17) is 5.11 Å². The van der Waals surface area contributed by atoms with E-state index in [1.54, 1.807) is 6.92 Å². The van der Waals surface area contributed by atoms with Crippen LogP contribution in [-0.4, -0.2) is 61.2 Å². The van der Waals surface area contributed by atoms with Crippen LogP contribution in [0.25, 0.3) is 0 Å². The normalized spacial score (nSPS) is 17.7. The molecule has 0 amide bonds. The number of hydrogen-bond donors (Lipinski definition) is 1. The number of aryl methyl sites for hydroxylation is 1. The van der Waals surface area contributed by atoms with Crippen molar-refractivity contribution in [1.82, 2.24) is 9.29 Å². The number of anilines is 1. The van der Waals surface area contributed by atoms with Crippen molar-refractivity contribution in [2.45, 2.75) is 6.92 Å². The van der Waals surface area contributed by atoms with Crippen molar-refractivity contribution in [3.63, 3.8) is 0 Å². The van der Waals surface area contributed by atoms with Gasteiger partial charge in [-0.1, -0.05) is 0 Å². The van der Waals surface area contributed by atoms with E-state index in [1.807, 2.05) is 4.90 Å². The Labute approximate surface area is 115 Å². The molecule has 19 heavy (non-hydrogen) atoms. The van der Waals surface area contributed by atoms with Crippen LogP contribution in [0, 0.1) is 6.92 Å². The molecule has 0 radical (unpaired) electrons. The molecule has 2 rings (SSSR count). The molecule has 1 aliphatic heterocycles. The summed E-state index contributed by atoms with van der Waals surface area (Å²) in [5.41, 5.74) is 0.0746. The molecule has 1 aliphatic rings. The lowest BCUT2D eigenvalue weighted by atomic mass is 10.4. The maximum atomic E-state index is 11.4. The second kappa shape index (κ2) is 5.06. The number of carboxylic acid groups (broad SMARTS) is 1. The Morgan fingerprint density at radius 3 is 2.32 bits per heavy atom. The van der Waals surface area contributed by atoms with E-state index in [1.165, 1.54) is 21.9 Å². The van der Waals surface area contributed by atoms with Gasteiger partial charge in [0.2, 0.25) is 10.0 Å². The lowest BCUT2D eigenvalue weighted by molar-refractivity contribution is 0.0690. The van der Waals surface area contributed by atoms with Crippen LogP contribution in [0.2, 0.25) is 0 Å². The monoisotopic (exact) mass is 305 g/mol. The Morgan fingerprint density at radius 2 is 1.89 bits per heavy atom. The standard InChI is InChI=1S/C10H15N3O4S2/c1-7-8(9(14)15)11-10(18-7)12-3-5-13(6-4-12)19(2,16)17/h3-6H2,1-2H3,(H,14,15). The third kappa shape index (κ3) is 3.04. The Morgan fingerprint density at radius 1 is 1.32 bits per heavy atom. The summed E-state index contributed by atoms with van der Waals surface area (Å²) in [4.78, 5) is 17.6.